The summed E-state index contributed by atoms with van der Waals surface area (Å²) >= 11 is 0. The Bertz CT molecular complexity index is 519. The molecule has 88 valence electrons. The molecule has 0 amide bonds. The van der Waals surface area contributed by atoms with Crippen molar-refractivity contribution in [2.24, 2.45) is 0 Å². The van der Waals surface area contributed by atoms with E-state index in [4.69, 9.17) is 5.73 Å². The number of nitrogens with one attached hydrogen (secondary N) is 1. The zero-order valence-corrected chi connectivity index (χ0v) is 8.42. The van der Waals surface area contributed by atoms with Crippen molar-refractivity contribution in [3.8, 4) is 0 Å². The molecule has 2 rings (SSSR count). The van der Waals surface area contributed by atoms with Crippen molar-refractivity contribution in [2.75, 3.05) is 11.1 Å². The molecule has 0 aliphatic carbocycles. The number of rotatable bonds is 2. The summed E-state index contributed by atoms with van der Waals surface area (Å²) in [6, 6.07) is 1.13. The van der Waals surface area contributed by atoms with Gasteiger partial charge in [-0.25, -0.2) is 23.1 Å². The maximum Gasteiger partial charge on any atom is 0.152 e. The molecule has 0 aliphatic heterocycles. The van der Waals surface area contributed by atoms with Crippen LogP contribution in [0.1, 0.15) is 0 Å². The molecule has 3 N–H and O–H groups in total. The van der Waals surface area contributed by atoms with Gasteiger partial charge in [-0.05, 0) is 0 Å². The van der Waals surface area contributed by atoms with Gasteiger partial charge >= 0.3 is 0 Å². The number of nitrogen functional groups attached to an aromatic ring is 1. The first-order valence-electron chi connectivity index (χ1n) is 4.55. The van der Waals surface area contributed by atoms with Crippen LogP contribution in [0.25, 0.3) is 0 Å². The van der Waals surface area contributed by atoms with Crippen molar-refractivity contribution in [1.82, 2.24) is 9.97 Å². The Labute approximate surface area is 94.3 Å². The smallest absolute Gasteiger partial charge is 0.152 e. The van der Waals surface area contributed by atoms with E-state index < -0.39 is 23.1 Å². The molecule has 0 saturated heterocycles. The lowest BCUT2D eigenvalue weighted by Crippen LogP contribution is -2.01. The zero-order chi connectivity index (χ0) is 12.4. The van der Waals surface area contributed by atoms with Gasteiger partial charge in [-0.15, -0.1) is 0 Å². The molecule has 1 aromatic heterocycles. The Morgan fingerprint density at radius 3 is 2.18 bits per heavy atom. The molecule has 0 atom stereocenters. The maximum atomic E-state index is 13.3. The second-order valence-electron chi connectivity index (χ2n) is 3.20. The molecule has 0 aliphatic rings. The van der Waals surface area contributed by atoms with E-state index >= 15 is 0 Å². The molecule has 0 unspecified atom stereocenters. The van der Waals surface area contributed by atoms with Crippen molar-refractivity contribution in [1.29, 1.82) is 0 Å². The molecule has 1 heterocycles. The Morgan fingerprint density at radius 2 is 1.65 bits per heavy atom. The fourth-order valence-corrected chi connectivity index (χ4v) is 1.19. The molecule has 0 fully saturated rings. The third-order valence-electron chi connectivity index (χ3n) is 1.93. The van der Waals surface area contributed by atoms with E-state index in [-0.39, 0.29) is 11.6 Å². The third kappa shape index (κ3) is 2.44. The standard InChI is InChI=1S/C10H7F3N4/c11-5-1-6(12)10(7(13)2-5)17-9-4-15-8(14)3-16-9/h1-4H,(H2,14,15)(H,16,17). The maximum absolute atomic E-state index is 13.3. The van der Waals surface area contributed by atoms with Gasteiger partial charge < -0.3 is 11.1 Å². The minimum Gasteiger partial charge on any atom is -0.382 e. The van der Waals surface area contributed by atoms with Gasteiger partial charge in [-0.2, -0.15) is 0 Å². The quantitative estimate of drug-likeness (QED) is 0.844. The molecule has 7 heteroatoms. The van der Waals surface area contributed by atoms with Crippen molar-refractivity contribution < 1.29 is 13.2 Å². The second-order valence-corrected chi connectivity index (χ2v) is 3.20. The molecule has 0 saturated carbocycles. The normalized spacial score (nSPS) is 10.3. The van der Waals surface area contributed by atoms with Crippen LogP contribution < -0.4 is 11.1 Å². The summed E-state index contributed by atoms with van der Waals surface area (Å²) in [4.78, 5) is 7.44. The summed E-state index contributed by atoms with van der Waals surface area (Å²) in [5.41, 5.74) is 4.81. The van der Waals surface area contributed by atoms with Gasteiger partial charge in [0.05, 0.1) is 12.4 Å². The fourth-order valence-electron chi connectivity index (χ4n) is 1.19. The topological polar surface area (TPSA) is 63.8 Å². The molecule has 17 heavy (non-hydrogen) atoms. The Morgan fingerprint density at radius 1 is 1.00 bits per heavy atom. The first kappa shape index (κ1) is 11.2. The highest BCUT2D eigenvalue weighted by Gasteiger charge is 2.12. The molecular weight excluding hydrogens is 233 g/mol. The van der Waals surface area contributed by atoms with Crippen LogP contribution in [0.5, 0.6) is 0 Å². The largest absolute Gasteiger partial charge is 0.382 e. The Hall–Kier alpha value is -2.31. The van der Waals surface area contributed by atoms with Crippen LogP contribution >= 0.6 is 0 Å². The highest BCUT2D eigenvalue weighted by molar-refractivity contribution is 5.57. The van der Waals surface area contributed by atoms with Gasteiger partial charge in [0.25, 0.3) is 0 Å². The van der Waals surface area contributed by atoms with Gasteiger partial charge in [-0.1, -0.05) is 0 Å². The van der Waals surface area contributed by atoms with E-state index in [2.05, 4.69) is 15.3 Å². The third-order valence-corrected chi connectivity index (χ3v) is 1.93. The van der Waals surface area contributed by atoms with Gasteiger partial charge in [0.15, 0.2) is 11.6 Å². The van der Waals surface area contributed by atoms with Gasteiger partial charge in [0.1, 0.15) is 23.1 Å². The summed E-state index contributed by atoms with van der Waals surface area (Å²) in [6.45, 7) is 0. The van der Waals surface area contributed by atoms with Crippen LogP contribution in [-0.4, -0.2) is 9.97 Å². The van der Waals surface area contributed by atoms with Gasteiger partial charge in [-0.3, -0.25) is 0 Å². The average Bonchev–Trinajstić information content (AvgIpc) is 2.26. The number of anilines is 3. The van der Waals surface area contributed by atoms with E-state index in [0.29, 0.717) is 12.1 Å². The van der Waals surface area contributed by atoms with Crippen molar-refractivity contribution in [2.45, 2.75) is 0 Å². The number of nitrogens with zero attached hydrogens (tertiary/aromatic N) is 2. The van der Waals surface area contributed by atoms with E-state index in [9.17, 15) is 13.2 Å². The molecule has 2 aromatic rings. The minimum absolute atomic E-state index is 0.101. The summed E-state index contributed by atoms with van der Waals surface area (Å²) < 4.78 is 39.2. The number of aromatic nitrogens is 2. The van der Waals surface area contributed by atoms with E-state index in [1.54, 1.807) is 0 Å². The predicted molar refractivity (Wildman–Crippen MR) is 56.0 cm³/mol. The van der Waals surface area contributed by atoms with Crippen LogP contribution in [0.4, 0.5) is 30.5 Å². The van der Waals surface area contributed by atoms with Gasteiger partial charge in [0, 0.05) is 12.1 Å². The molecule has 4 nitrogen and oxygen atoms in total. The summed E-state index contributed by atoms with van der Waals surface area (Å²) in [7, 11) is 0. The van der Waals surface area contributed by atoms with E-state index in [0.717, 1.165) is 0 Å². The van der Waals surface area contributed by atoms with Crippen LogP contribution in [-0.2, 0) is 0 Å². The van der Waals surface area contributed by atoms with Crippen molar-refractivity contribution in [3.05, 3.63) is 42.0 Å². The number of hydrogen-bond donors (Lipinski definition) is 2. The fraction of sp³-hybridized carbons (Fsp3) is 0. The van der Waals surface area contributed by atoms with Crippen LogP contribution in [0.2, 0.25) is 0 Å². The highest BCUT2D eigenvalue weighted by atomic mass is 19.1. The Balaban J connectivity index is 2.33. The van der Waals surface area contributed by atoms with Crippen LogP contribution in [0, 0.1) is 17.5 Å². The van der Waals surface area contributed by atoms with Crippen LogP contribution in [0.15, 0.2) is 24.5 Å². The number of hydrogen-bond acceptors (Lipinski definition) is 4. The molecule has 0 bridgehead atoms. The lowest BCUT2D eigenvalue weighted by molar-refractivity contribution is 0.549. The molecule has 0 radical (unpaired) electrons. The number of halogens is 3. The highest BCUT2D eigenvalue weighted by Crippen LogP contribution is 2.23. The number of benzene rings is 1. The second kappa shape index (κ2) is 4.28. The first-order chi connectivity index (χ1) is 8.06. The van der Waals surface area contributed by atoms with Crippen molar-refractivity contribution in [3.63, 3.8) is 0 Å². The molecule has 1 aromatic carbocycles. The Kier molecular flexibility index (Phi) is 2.82. The van der Waals surface area contributed by atoms with Gasteiger partial charge in [0.2, 0.25) is 0 Å². The van der Waals surface area contributed by atoms with E-state index in [1.807, 2.05) is 0 Å². The monoisotopic (exact) mass is 240 g/mol. The summed E-state index contributed by atoms with van der Waals surface area (Å²) in [5.74, 6) is -2.82. The SMILES string of the molecule is Nc1cnc(Nc2c(F)cc(F)cc2F)cn1. The predicted octanol–water partition coefficient (Wildman–Crippen LogP) is 2.22. The molecule has 0 spiro atoms. The zero-order valence-electron chi connectivity index (χ0n) is 8.42. The minimum atomic E-state index is -1.05. The summed E-state index contributed by atoms with van der Waals surface area (Å²) in [6.07, 6.45) is 2.43. The van der Waals surface area contributed by atoms with Crippen molar-refractivity contribution >= 4 is 17.3 Å². The number of nitrogens with two attached hydrogens (primary N) is 1. The lowest BCUT2D eigenvalue weighted by atomic mass is 10.3. The summed E-state index contributed by atoms with van der Waals surface area (Å²) in [5, 5.41) is 2.35. The van der Waals surface area contributed by atoms with E-state index in [1.165, 1.54) is 12.4 Å². The lowest BCUT2D eigenvalue weighted by Gasteiger charge is -2.07. The molecular formula is C10H7F3N4. The first-order valence-corrected chi connectivity index (χ1v) is 4.55. The average molecular weight is 240 g/mol. The van der Waals surface area contributed by atoms with Crippen LogP contribution in [0.3, 0.4) is 0 Å².